The molecule has 10 heteroatoms. The van der Waals surface area contributed by atoms with Crippen molar-refractivity contribution in [1.29, 1.82) is 0 Å². The Bertz CT molecular complexity index is 1050. The first-order chi connectivity index (χ1) is 12.8. The highest BCUT2D eigenvalue weighted by atomic mass is 35.5. The summed E-state index contributed by atoms with van der Waals surface area (Å²) in [6.07, 6.45) is 1.39. The minimum Gasteiger partial charge on any atom is -0.500 e. The highest BCUT2D eigenvalue weighted by Crippen LogP contribution is 2.38. The Labute approximate surface area is 158 Å². The number of hydrogen-bond donors (Lipinski definition) is 1. The van der Waals surface area contributed by atoms with E-state index in [2.05, 4.69) is 10.2 Å². The Morgan fingerprint density at radius 3 is 2.63 bits per heavy atom. The molecule has 0 amide bonds. The van der Waals surface area contributed by atoms with Crippen LogP contribution in [-0.2, 0) is 0 Å². The van der Waals surface area contributed by atoms with Crippen LogP contribution >= 0.6 is 11.6 Å². The van der Waals surface area contributed by atoms with Gasteiger partial charge in [0, 0.05) is 6.07 Å². The summed E-state index contributed by atoms with van der Waals surface area (Å²) in [6.45, 7) is 3.57. The molecule has 0 saturated carbocycles. The quantitative estimate of drug-likeness (QED) is 0.504. The third kappa shape index (κ3) is 3.63. The molecule has 3 rings (SSSR count). The number of rotatable bonds is 5. The van der Waals surface area contributed by atoms with Crippen LogP contribution in [0.3, 0.4) is 0 Å². The third-order valence-electron chi connectivity index (χ3n) is 3.69. The maximum absolute atomic E-state index is 11.1. The van der Waals surface area contributed by atoms with E-state index in [0.29, 0.717) is 22.6 Å². The summed E-state index contributed by atoms with van der Waals surface area (Å²) in [4.78, 5) is 10.4. The molecule has 0 aliphatic rings. The van der Waals surface area contributed by atoms with Crippen LogP contribution in [0.5, 0.6) is 11.5 Å². The Kier molecular flexibility index (Phi) is 4.87. The molecule has 9 nitrogen and oxygen atoms in total. The van der Waals surface area contributed by atoms with Gasteiger partial charge < -0.3 is 18.7 Å². The zero-order valence-electron chi connectivity index (χ0n) is 14.5. The van der Waals surface area contributed by atoms with Gasteiger partial charge in [0.1, 0.15) is 16.6 Å². The van der Waals surface area contributed by atoms with Crippen molar-refractivity contribution in [3.05, 3.63) is 51.3 Å². The molecule has 0 bridgehead atoms. The van der Waals surface area contributed by atoms with Gasteiger partial charge >= 0.3 is 5.69 Å². The smallest absolute Gasteiger partial charge is 0.315 e. The van der Waals surface area contributed by atoms with E-state index in [9.17, 15) is 15.2 Å². The molecule has 0 fully saturated rings. The maximum atomic E-state index is 11.1. The van der Waals surface area contributed by atoms with E-state index in [4.69, 9.17) is 25.2 Å². The van der Waals surface area contributed by atoms with Gasteiger partial charge in [-0.3, -0.25) is 10.1 Å². The standard InChI is InChI=1S/C17H14ClN3O6/c1-8-4-11(9(2)26-8)16-19-20-17(27-16)12(18)5-10-6-13(21(23)24)15(22)14(7-10)25-3/h4-7,22H,1-3H3/b12-5-. The van der Waals surface area contributed by atoms with Crippen LogP contribution < -0.4 is 4.74 Å². The van der Waals surface area contributed by atoms with Crippen molar-refractivity contribution in [1.82, 2.24) is 10.2 Å². The van der Waals surface area contributed by atoms with Gasteiger partial charge in [-0.15, -0.1) is 10.2 Å². The second-order valence-electron chi connectivity index (χ2n) is 5.58. The minimum atomic E-state index is -0.724. The van der Waals surface area contributed by atoms with Crippen molar-refractivity contribution >= 4 is 28.4 Å². The molecular weight excluding hydrogens is 378 g/mol. The zero-order valence-corrected chi connectivity index (χ0v) is 15.3. The number of phenolic OH excluding ortho intramolecular Hbond substituents is 1. The predicted molar refractivity (Wildman–Crippen MR) is 96.5 cm³/mol. The van der Waals surface area contributed by atoms with E-state index < -0.39 is 16.4 Å². The molecule has 3 aromatic rings. The fourth-order valence-corrected chi connectivity index (χ4v) is 2.67. The second-order valence-corrected chi connectivity index (χ2v) is 5.99. The molecule has 140 valence electrons. The topological polar surface area (TPSA) is 125 Å². The molecule has 1 N–H and O–H groups in total. The van der Waals surface area contributed by atoms with Gasteiger partial charge in [-0.25, -0.2) is 0 Å². The molecule has 2 heterocycles. The molecule has 0 aliphatic carbocycles. The average molecular weight is 392 g/mol. The monoisotopic (exact) mass is 391 g/mol. The number of phenols is 1. The summed E-state index contributed by atoms with van der Waals surface area (Å²) in [5.74, 6) is 0.964. The summed E-state index contributed by atoms with van der Waals surface area (Å²) in [7, 11) is 1.29. The average Bonchev–Trinajstić information content (AvgIpc) is 3.22. The van der Waals surface area contributed by atoms with Gasteiger partial charge in [0.25, 0.3) is 11.8 Å². The third-order valence-corrected chi connectivity index (χ3v) is 3.96. The number of halogens is 1. The molecule has 0 saturated heterocycles. The van der Waals surface area contributed by atoms with Gasteiger partial charge in [0.05, 0.1) is 17.6 Å². The molecular formula is C17H14ClN3O6. The Hall–Kier alpha value is -3.33. The van der Waals surface area contributed by atoms with E-state index in [1.165, 1.54) is 19.3 Å². The van der Waals surface area contributed by atoms with Crippen molar-refractivity contribution < 1.29 is 23.6 Å². The number of aromatic nitrogens is 2. The number of nitrogens with zero attached hydrogens (tertiary/aromatic N) is 3. The molecule has 0 aliphatic heterocycles. The number of nitro groups is 1. The largest absolute Gasteiger partial charge is 0.500 e. The fraction of sp³-hybridized carbons (Fsp3) is 0.176. The Morgan fingerprint density at radius 1 is 1.30 bits per heavy atom. The van der Waals surface area contributed by atoms with Crippen LogP contribution in [-0.4, -0.2) is 27.3 Å². The maximum Gasteiger partial charge on any atom is 0.315 e. The van der Waals surface area contributed by atoms with Crippen molar-refractivity contribution in [2.24, 2.45) is 0 Å². The number of nitro benzene ring substituents is 1. The van der Waals surface area contributed by atoms with E-state index in [1.54, 1.807) is 19.9 Å². The van der Waals surface area contributed by atoms with Gasteiger partial charge in [-0.1, -0.05) is 11.6 Å². The summed E-state index contributed by atoms with van der Waals surface area (Å²) in [5, 5.41) is 28.8. The molecule has 0 spiro atoms. The second kappa shape index (κ2) is 7.12. The SMILES string of the molecule is COc1cc(/C=C(\Cl)c2nnc(-c3cc(C)oc3C)o2)cc([N+](=O)[O-])c1O. The molecule has 0 radical (unpaired) electrons. The van der Waals surface area contributed by atoms with E-state index >= 15 is 0 Å². The summed E-state index contributed by atoms with van der Waals surface area (Å²) in [5.41, 5.74) is 0.454. The summed E-state index contributed by atoms with van der Waals surface area (Å²) >= 11 is 6.22. The number of ether oxygens (including phenoxy) is 1. The van der Waals surface area contributed by atoms with Crippen LogP contribution in [0.2, 0.25) is 0 Å². The lowest BCUT2D eigenvalue weighted by Gasteiger charge is -2.05. The number of aryl methyl sites for hydroxylation is 2. The molecule has 0 unspecified atom stereocenters. The van der Waals surface area contributed by atoms with Crippen LogP contribution in [0.1, 0.15) is 23.0 Å². The van der Waals surface area contributed by atoms with E-state index in [1.807, 2.05) is 0 Å². The van der Waals surface area contributed by atoms with Crippen LogP contribution in [0.15, 0.2) is 27.0 Å². The number of methoxy groups -OCH3 is 1. The summed E-state index contributed by atoms with van der Waals surface area (Å²) < 4.78 is 15.9. The normalized spacial score (nSPS) is 11.6. The van der Waals surface area contributed by atoms with Crippen molar-refractivity contribution in [3.8, 4) is 23.0 Å². The van der Waals surface area contributed by atoms with Crippen molar-refractivity contribution in [2.45, 2.75) is 13.8 Å². The minimum absolute atomic E-state index is 0.0274. The first kappa shape index (κ1) is 18.5. The highest BCUT2D eigenvalue weighted by Gasteiger charge is 2.20. The highest BCUT2D eigenvalue weighted by molar-refractivity contribution is 6.50. The number of aromatic hydroxyl groups is 1. The first-order valence-electron chi connectivity index (χ1n) is 7.64. The summed E-state index contributed by atoms with van der Waals surface area (Å²) in [6, 6.07) is 4.31. The number of furan rings is 1. The zero-order chi connectivity index (χ0) is 19.7. The molecule has 1 aromatic carbocycles. The predicted octanol–water partition coefficient (Wildman–Crippen LogP) is 4.31. The van der Waals surface area contributed by atoms with E-state index in [-0.39, 0.29) is 22.6 Å². The molecule has 0 atom stereocenters. The van der Waals surface area contributed by atoms with Gasteiger partial charge in [-0.2, -0.15) is 0 Å². The van der Waals surface area contributed by atoms with Crippen molar-refractivity contribution in [2.75, 3.05) is 7.11 Å². The fourth-order valence-electron chi connectivity index (χ4n) is 2.47. The lowest BCUT2D eigenvalue weighted by Crippen LogP contribution is -1.93. The lowest BCUT2D eigenvalue weighted by molar-refractivity contribution is -0.386. The number of benzene rings is 1. The lowest BCUT2D eigenvalue weighted by atomic mass is 10.1. The van der Waals surface area contributed by atoms with Crippen LogP contribution in [0.4, 0.5) is 5.69 Å². The number of hydrogen-bond acceptors (Lipinski definition) is 8. The van der Waals surface area contributed by atoms with Gasteiger partial charge in [0.2, 0.25) is 5.75 Å². The molecule has 27 heavy (non-hydrogen) atoms. The van der Waals surface area contributed by atoms with Gasteiger partial charge in [0.15, 0.2) is 5.75 Å². The Morgan fingerprint density at radius 2 is 2.04 bits per heavy atom. The first-order valence-corrected chi connectivity index (χ1v) is 8.01. The van der Waals surface area contributed by atoms with E-state index in [0.717, 1.165) is 6.07 Å². The van der Waals surface area contributed by atoms with Crippen LogP contribution in [0.25, 0.3) is 22.6 Å². The van der Waals surface area contributed by atoms with Gasteiger partial charge in [-0.05, 0) is 37.6 Å². The Balaban J connectivity index is 1.98. The molecule has 2 aromatic heterocycles. The van der Waals surface area contributed by atoms with Crippen LogP contribution in [0, 0.1) is 24.0 Å². The van der Waals surface area contributed by atoms with Crippen molar-refractivity contribution in [3.63, 3.8) is 0 Å².